The number of hydrogen-bond acceptors (Lipinski definition) is 4. The van der Waals surface area contributed by atoms with Gasteiger partial charge in [0.05, 0.1) is 10.7 Å². The number of amides is 1. The van der Waals surface area contributed by atoms with E-state index in [2.05, 4.69) is 9.97 Å². The summed E-state index contributed by atoms with van der Waals surface area (Å²) in [4.78, 5) is 24.2. The normalized spacial score (nSPS) is 10.6. The number of carbonyl (C=O) groups excluding carboxylic acids is 1. The summed E-state index contributed by atoms with van der Waals surface area (Å²) in [7, 11) is 1.83. The van der Waals surface area contributed by atoms with Crippen molar-refractivity contribution in [1.29, 1.82) is 0 Å². The predicted octanol–water partition coefficient (Wildman–Crippen LogP) is 3.83. The van der Waals surface area contributed by atoms with Crippen LogP contribution < -0.4 is 0 Å². The lowest BCUT2D eigenvalue weighted by atomic mass is 10.1. The molecule has 0 fully saturated rings. The molecular weight excluding hydrogens is 318 g/mol. The molecule has 3 rings (SSSR count). The Labute approximate surface area is 145 Å². The second-order valence-corrected chi connectivity index (χ2v) is 6.78. The second-order valence-electron chi connectivity index (χ2n) is 5.57. The third-order valence-electron chi connectivity index (χ3n) is 3.75. The Morgan fingerprint density at radius 2 is 1.88 bits per heavy atom. The summed E-state index contributed by atoms with van der Waals surface area (Å²) < 4.78 is 0. The molecule has 0 saturated carbocycles. The third kappa shape index (κ3) is 3.68. The van der Waals surface area contributed by atoms with E-state index in [1.165, 1.54) is 11.3 Å². The standard InChI is InChI=1S/C19H19N3OS/c1-14-21-17(15-8-4-3-5-9-15)18(24-14)19(23)22(2)13-11-16-10-6-7-12-20-16/h3-10,12H,11,13H2,1-2H3. The second kappa shape index (κ2) is 7.36. The first-order valence-corrected chi connectivity index (χ1v) is 8.65. The smallest absolute Gasteiger partial charge is 0.265 e. The molecule has 0 bridgehead atoms. The van der Waals surface area contributed by atoms with Crippen LogP contribution in [0.25, 0.3) is 11.3 Å². The van der Waals surface area contributed by atoms with Crippen molar-refractivity contribution in [3.05, 3.63) is 70.3 Å². The highest BCUT2D eigenvalue weighted by molar-refractivity contribution is 7.14. The van der Waals surface area contributed by atoms with Crippen LogP contribution >= 0.6 is 11.3 Å². The maximum absolute atomic E-state index is 12.8. The number of benzene rings is 1. The minimum atomic E-state index is 0.00961. The molecule has 0 unspecified atom stereocenters. The van der Waals surface area contributed by atoms with Crippen molar-refractivity contribution in [1.82, 2.24) is 14.9 Å². The maximum Gasteiger partial charge on any atom is 0.265 e. The number of hydrogen-bond donors (Lipinski definition) is 0. The average molecular weight is 337 g/mol. The quantitative estimate of drug-likeness (QED) is 0.711. The fourth-order valence-electron chi connectivity index (χ4n) is 2.47. The van der Waals surface area contributed by atoms with E-state index >= 15 is 0 Å². The van der Waals surface area contributed by atoms with Gasteiger partial charge in [-0.1, -0.05) is 36.4 Å². The molecule has 0 atom stereocenters. The SMILES string of the molecule is Cc1nc(-c2ccccc2)c(C(=O)N(C)CCc2ccccn2)s1. The Bertz CT molecular complexity index is 815. The first-order chi connectivity index (χ1) is 11.6. The first kappa shape index (κ1) is 16.3. The van der Waals surface area contributed by atoms with Crippen LogP contribution in [0.2, 0.25) is 0 Å². The van der Waals surface area contributed by atoms with Crippen molar-refractivity contribution in [2.75, 3.05) is 13.6 Å². The summed E-state index contributed by atoms with van der Waals surface area (Å²) in [6.07, 6.45) is 2.51. The van der Waals surface area contributed by atoms with E-state index in [-0.39, 0.29) is 5.91 Å². The van der Waals surface area contributed by atoms with Crippen molar-refractivity contribution >= 4 is 17.2 Å². The number of rotatable bonds is 5. The van der Waals surface area contributed by atoms with Gasteiger partial charge in [0, 0.05) is 37.5 Å². The zero-order valence-corrected chi connectivity index (χ0v) is 14.6. The minimum absolute atomic E-state index is 0.00961. The van der Waals surface area contributed by atoms with E-state index in [0.717, 1.165) is 28.4 Å². The van der Waals surface area contributed by atoms with E-state index in [1.807, 2.05) is 62.5 Å². The molecule has 4 nitrogen and oxygen atoms in total. The van der Waals surface area contributed by atoms with Crippen molar-refractivity contribution < 1.29 is 4.79 Å². The van der Waals surface area contributed by atoms with Gasteiger partial charge in [-0.3, -0.25) is 9.78 Å². The molecule has 3 aromatic rings. The molecule has 0 aliphatic rings. The largest absolute Gasteiger partial charge is 0.341 e. The van der Waals surface area contributed by atoms with Crippen molar-refractivity contribution in [3.63, 3.8) is 0 Å². The van der Waals surface area contributed by atoms with Gasteiger partial charge in [0.25, 0.3) is 5.91 Å². The summed E-state index contributed by atoms with van der Waals surface area (Å²) in [5.41, 5.74) is 2.73. The Morgan fingerprint density at radius 3 is 2.58 bits per heavy atom. The molecule has 24 heavy (non-hydrogen) atoms. The zero-order valence-electron chi connectivity index (χ0n) is 13.8. The molecule has 0 spiro atoms. The highest BCUT2D eigenvalue weighted by Crippen LogP contribution is 2.28. The van der Waals surface area contributed by atoms with Crippen LogP contribution in [0.15, 0.2) is 54.7 Å². The van der Waals surface area contributed by atoms with Crippen LogP contribution in [-0.4, -0.2) is 34.4 Å². The summed E-state index contributed by atoms with van der Waals surface area (Å²) in [6.45, 7) is 2.56. The highest BCUT2D eigenvalue weighted by atomic mass is 32.1. The van der Waals surface area contributed by atoms with Gasteiger partial charge in [-0.05, 0) is 19.1 Å². The fraction of sp³-hybridized carbons (Fsp3) is 0.211. The fourth-order valence-corrected chi connectivity index (χ4v) is 3.40. The molecule has 1 amide bonds. The molecule has 2 aromatic heterocycles. The van der Waals surface area contributed by atoms with Gasteiger partial charge < -0.3 is 4.90 Å². The Hall–Kier alpha value is -2.53. The molecule has 0 saturated heterocycles. The lowest BCUT2D eigenvalue weighted by molar-refractivity contribution is 0.0801. The van der Waals surface area contributed by atoms with Gasteiger partial charge in [-0.2, -0.15) is 0 Å². The minimum Gasteiger partial charge on any atom is -0.341 e. The van der Waals surface area contributed by atoms with Gasteiger partial charge in [0.2, 0.25) is 0 Å². The van der Waals surface area contributed by atoms with E-state index in [0.29, 0.717) is 11.4 Å². The summed E-state index contributed by atoms with van der Waals surface area (Å²) in [6, 6.07) is 15.7. The highest BCUT2D eigenvalue weighted by Gasteiger charge is 2.21. The lowest BCUT2D eigenvalue weighted by Gasteiger charge is -2.16. The average Bonchev–Trinajstić information content (AvgIpc) is 3.02. The molecule has 0 radical (unpaired) electrons. The number of aromatic nitrogens is 2. The van der Waals surface area contributed by atoms with Crippen LogP contribution in [0.3, 0.4) is 0 Å². The first-order valence-electron chi connectivity index (χ1n) is 7.83. The van der Waals surface area contributed by atoms with Crippen molar-refractivity contribution in [3.8, 4) is 11.3 Å². The number of nitrogens with zero attached hydrogens (tertiary/aromatic N) is 3. The maximum atomic E-state index is 12.8. The Balaban J connectivity index is 1.77. The van der Waals surface area contributed by atoms with Gasteiger partial charge >= 0.3 is 0 Å². The van der Waals surface area contributed by atoms with E-state index in [1.54, 1.807) is 11.1 Å². The van der Waals surface area contributed by atoms with Gasteiger partial charge in [0.1, 0.15) is 4.88 Å². The Morgan fingerprint density at radius 1 is 1.12 bits per heavy atom. The topological polar surface area (TPSA) is 46.1 Å². The predicted molar refractivity (Wildman–Crippen MR) is 97.2 cm³/mol. The molecule has 0 N–H and O–H groups in total. The van der Waals surface area contributed by atoms with Crippen LogP contribution in [-0.2, 0) is 6.42 Å². The van der Waals surface area contributed by atoms with Crippen molar-refractivity contribution in [2.24, 2.45) is 0 Å². The summed E-state index contributed by atoms with van der Waals surface area (Å²) in [5.74, 6) is 0.00961. The Kier molecular flexibility index (Phi) is 5.01. The molecule has 0 aliphatic heterocycles. The molecule has 122 valence electrons. The van der Waals surface area contributed by atoms with Crippen LogP contribution in [0.5, 0.6) is 0 Å². The number of pyridine rings is 1. The monoisotopic (exact) mass is 337 g/mol. The molecule has 2 heterocycles. The van der Waals surface area contributed by atoms with Gasteiger partial charge in [0.15, 0.2) is 0 Å². The third-order valence-corrected chi connectivity index (χ3v) is 4.71. The zero-order chi connectivity index (χ0) is 16.9. The van der Waals surface area contributed by atoms with E-state index in [4.69, 9.17) is 0 Å². The van der Waals surface area contributed by atoms with Crippen LogP contribution in [0, 0.1) is 6.92 Å². The molecule has 5 heteroatoms. The summed E-state index contributed by atoms with van der Waals surface area (Å²) in [5, 5.41) is 0.898. The molecular formula is C19H19N3OS. The van der Waals surface area contributed by atoms with Gasteiger partial charge in [-0.15, -0.1) is 11.3 Å². The van der Waals surface area contributed by atoms with Gasteiger partial charge in [-0.25, -0.2) is 4.98 Å². The number of aryl methyl sites for hydroxylation is 1. The van der Waals surface area contributed by atoms with E-state index < -0.39 is 0 Å². The molecule has 0 aliphatic carbocycles. The lowest BCUT2D eigenvalue weighted by Crippen LogP contribution is -2.28. The van der Waals surface area contributed by atoms with Crippen molar-refractivity contribution in [2.45, 2.75) is 13.3 Å². The molecule has 1 aromatic carbocycles. The number of thiazole rings is 1. The number of likely N-dealkylation sites (N-methyl/N-ethyl adjacent to an activating group) is 1. The van der Waals surface area contributed by atoms with Crippen LogP contribution in [0.1, 0.15) is 20.4 Å². The summed E-state index contributed by atoms with van der Waals surface area (Å²) >= 11 is 1.45. The van der Waals surface area contributed by atoms with Crippen LogP contribution in [0.4, 0.5) is 0 Å². The van der Waals surface area contributed by atoms with E-state index in [9.17, 15) is 4.79 Å². The number of carbonyl (C=O) groups is 1.